The number of hydrogen-bond acceptors (Lipinski definition) is 4. The van der Waals surface area contributed by atoms with Gasteiger partial charge in [-0.25, -0.2) is 15.0 Å². The Hall–Kier alpha value is -7.43. The Labute approximate surface area is 335 Å². The van der Waals surface area contributed by atoms with Crippen molar-refractivity contribution in [3.8, 4) is 56.4 Å². The second-order valence-electron chi connectivity index (χ2n) is 15.9. The maximum Gasteiger partial charge on any atom is 0.164 e. The van der Waals surface area contributed by atoms with Gasteiger partial charge in [0, 0.05) is 32.9 Å². The summed E-state index contributed by atoms with van der Waals surface area (Å²) in [6.45, 7) is 4.60. The molecule has 0 saturated carbocycles. The molecule has 272 valence electrons. The van der Waals surface area contributed by atoms with Crippen molar-refractivity contribution in [1.29, 1.82) is 0 Å². The first-order chi connectivity index (χ1) is 28.5. The Morgan fingerprint density at radius 3 is 1.81 bits per heavy atom. The highest BCUT2D eigenvalue weighted by molar-refractivity contribution is 6.25. The van der Waals surface area contributed by atoms with Gasteiger partial charge in [0.1, 0.15) is 11.2 Å². The molecule has 0 N–H and O–H groups in total. The lowest BCUT2D eigenvalue weighted by Gasteiger charge is -2.21. The largest absolute Gasteiger partial charge is 0.456 e. The van der Waals surface area contributed by atoms with Gasteiger partial charge in [-0.15, -0.1) is 0 Å². The van der Waals surface area contributed by atoms with Crippen LogP contribution in [-0.2, 0) is 5.41 Å². The number of hydrogen-bond donors (Lipinski definition) is 0. The maximum atomic E-state index is 6.67. The molecule has 12 rings (SSSR count). The van der Waals surface area contributed by atoms with Crippen molar-refractivity contribution < 1.29 is 4.42 Å². The summed E-state index contributed by atoms with van der Waals surface area (Å²) in [4.78, 5) is 15.8. The van der Waals surface area contributed by atoms with E-state index < -0.39 is 0 Å². The number of fused-ring (bicyclic) bond motifs is 11. The summed E-state index contributed by atoms with van der Waals surface area (Å²) in [6.07, 6.45) is 0. The van der Waals surface area contributed by atoms with E-state index in [0.29, 0.717) is 17.5 Å². The van der Waals surface area contributed by atoms with Gasteiger partial charge < -0.3 is 4.42 Å². The van der Waals surface area contributed by atoms with E-state index in [1.807, 2.05) is 30.3 Å². The van der Waals surface area contributed by atoms with Crippen molar-refractivity contribution in [3.63, 3.8) is 0 Å². The SMILES string of the molecule is CC1(C)c2ccccc2-c2cc3c(cc21)oc1cccc(-c2nc(-c4ccccc4)nc(-c4cccc5c4ccc4ccc6cccc(-c7ccccc7)c6c45)n2)c13. The van der Waals surface area contributed by atoms with E-state index >= 15 is 0 Å². The van der Waals surface area contributed by atoms with E-state index in [1.165, 1.54) is 54.9 Å². The molecule has 9 aromatic carbocycles. The average Bonchev–Trinajstić information content (AvgIpc) is 3.76. The molecule has 0 amide bonds. The molecule has 1 aliphatic rings. The molecular weight excluding hydrogens is 707 g/mol. The van der Waals surface area contributed by atoms with Crippen LogP contribution in [0.1, 0.15) is 25.0 Å². The fraction of sp³-hybridized carbons (Fsp3) is 0.0556. The third kappa shape index (κ3) is 4.78. The van der Waals surface area contributed by atoms with Gasteiger partial charge in [0.05, 0.1) is 0 Å². The maximum absolute atomic E-state index is 6.67. The van der Waals surface area contributed by atoms with Crippen LogP contribution < -0.4 is 0 Å². The topological polar surface area (TPSA) is 51.8 Å². The van der Waals surface area contributed by atoms with Gasteiger partial charge in [-0.2, -0.15) is 0 Å². The van der Waals surface area contributed by atoms with Crippen molar-refractivity contribution in [2.45, 2.75) is 19.3 Å². The zero-order valence-corrected chi connectivity index (χ0v) is 32.0. The van der Waals surface area contributed by atoms with E-state index in [4.69, 9.17) is 19.4 Å². The predicted molar refractivity (Wildman–Crippen MR) is 239 cm³/mol. The van der Waals surface area contributed by atoms with Crippen LogP contribution in [0, 0.1) is 0 Å². The highest BCUT2D eigenvalue weighted by Crippen LogP contribution is 2.51. The van der Waals surface area contributed by atoms with E-state index in [1.54, 1.807) is 0 Å². The summed E-state index contributed by atoms with van der Waals surface area (Å²) in [5.41, 5.74) is 11.9. The second-order valence-corrected chi connectivity index (χ2v) is 15.9. The molecule has 0 bridgehead atoms. The molecule has 11 aromatic rings. The Morgan fingerprint density at radius 2 is 0.983 bits per heavy atom. The van der Waals surface area contributed by atoms with E-state index in [9.17, 15) is 0 Å². The van der Waals surface area contributed by atoms with Crippen LogP contribution in [0.3, 0.4) is 0 Å². The van der Waals surface area contributed by atoms with Crippen molar-refractivity contribution >= 4 is 54.3 Å². The Morgan fingerprint density at radius 1 is 0.362 bits per heavy atom. The fourth-order valence-corrected chi connectivity index (χ4v) is 9.55. The van der Waals surface area contributed by atoms with Crippen LogP contribution in [0.2, 0.25) is 0 Å². The molecule has 0 unspecified atom stereocenters. The summed E-state index contributed by atoms with van der Waals surface area (Å²) >= 11 is 0. The highest BCUT2D eigenvalue weighted by Gasteiger charge is 2.36. The van der Waals surface area contributed by atoms with E-state index in [-0.39, 0.29) is 5.41 Å². The number of nitrogens with zero attached hydrogens (tertiary/aromatic N) is 3. The van der Waals surface area contributed by atoms with E-state index in [0.717, 1.165) is 49.4 Å². The summed E-state index contributed by atoms with van der Waals surface area (Å²) in [7, 11) is 0. The monoisotopic (exact) mass is 741 g/mol. The number of benzene rings is 9. The molecule has 0 spiro atoms. The molecule has 1 aliphatic carbocycles. The Bertz CT molecular complexity index is 3470. The lowest BCUT2D eigenvalue weighted by atomic mass is 9.82. The van der Waals surface area contributed by atoms with Crippen LogP contribution in [0.25, 0.3) is 111 Å². The van der Waals surface area contributed by atoms with Gasteiger partial charge in [0.2, 0.25) is 0 Å². The standard InChI is InChI=1S/C54H35N3O/c1-54(2)44-24-10-9-19-38(44)42-30-43-47(31-45(42)54)58-46-25-13-23-41(50(43)46)53-56-51(35-16-7-4-8-17-35)55-52(57-53)40-22-12-21-39-37(40)29-28-34-27-26-33-18-11-20-36(48(33)49(34)39)32-14-5-3-6-15-32/h3-31H,1-2H3. The molecule has 0 aliphatic heterocycles. The number of furan rings is 1. The lowest BCUT2D eigenvalue weighted by Crippen LogP contribution is -2.14. The molecule has 0 fully saturated rings. The number of rotatable bonds is 4. The van der Waals surface area contributed by atoms with Crippen LogP contribution in [-0.4, -0.2) is 15.0 Å². The molecule has 0 atom stereocenters. The number of aromatic nitrogens is 3. The molecule has 0 radical (unpaired) electrons. The first-order valence-corrected chi connectivity index (χ1v) is 19.9. The minimum atomic E-state index is -0.130. The minimum absolute atomic E-state index is 0.130. The summed E-state index contributed by atoms with van der Waals surface area (Å²) in [6, 6.07) is 62.4. The third-order valence-electron chi connectivity index (χ3n) is 12.3. The van der Waals surface area contributed by atoms with Gasteiger partial charge in [-0.1, -0.05) is 172 Å². The predicted octanol–water partition coefficient (Wildman–Crippen LogP) is 14.2. The molecule has 58 heavy (non-hydrogen) atoms. The average molecular weight is 742 g/mol. The quantitative estimate of drug-likeness (QED) is 0.169. The molecule has 4 heteroatoms. The summed E-state index contributed by atoms with van der Waals surface area (Å²) in [5.74, 6) is 1.85. The normalized spacial score (nSPS) is 13.1. The Balaban J connectivity index is 1.12. The van der Waals surface area contributed by atoms with Crippen LogP contribution >= 0.6 is 0 Å². The van der Waals surface area contributed by atoms with Gasteiger partial charge in [0.25, 0.3) is 0 Å². The van der Waals surface area contributed by atoms with Crippen molar-refractivity contribution in [3.05, 3.63) is 187 Å². The molecule has 0 saturated heterocycles. The lowest BCUT2D eigenvalue weighted by molar-refractivity contribution is 0.647. The smallest absolute Gasteiger partial charge is 0.164 e. The summed E-state index contributed by atoms with van der Waals surface area (Å²) in [5, 5.41) is 9.17. The van der Waals surface area contributed by atoms with Crippen LogP contribution in [0.4, 0.5) is 0 Å². The molecule has 2 heterocycles. The second kappa shape index (κ2) is 12.3. The van der Waals surface area contributed by atoms with Crippen LogP contribution in [0.15, 0.2) is 180 Å². The van der Waals surface area contributed by atoms with Gasteiger partial charge in [0.15, 0.2) is 17.5 Å². The van der Waals surface area contributed by atoms with Gasteiger partial charge in [-0.05, 0) is 83.9 Å². The highest BCUT2D eigenvalue weighted by atomic mass is 16.3. The van der Waals surface area contributed by atoms with Crippen molar-refractivity contribution in [1.82, 2.24) is 15.0 Å². The van der Waals surface area contributed by atoms with E-state index in [2.05, 4.69) is 159 Å². The van der Waals surface area contributed by atoms with Crippen LogP contribution in [0.5, 0.6) is 0 Å². The fourth-order valence-electron chi connectivity index (χ4n) is 9.55. The first-order valence-electron chi connectivity index (χ1n) is 19.9. The first kappa shape index (κ1) is 32.8. The summed E-state index contributed by atoms with van der Waals surface area (Å²) < 4.78 is 6.67. The third-order valence-corrected chi connectivity index (χ3v) is 12.3. The molecule has 4 nitrogen and oxygen atoms in total. The zero-order valence-electron chi connectivity index (χ0n) is 32.0. The van der Waals surface area contributed by atoms with Crippen molar-refractivity contribution in [2.24, 2.45) is 0 Å². The minimum Gasteiger partial charge on any atom is -0.456 e. The molecule has 2 aromatic heterocycles. The molecular formula is C54H35N3O. The van der Waals surface area contributed by atoms with Gasteiger partial charge in [-0.3, -0.25) is 0 Å². The zero-order chi connectivity index (χ0) is 38.5. The Kier molecular flexibility index (Phi) is 6.94. The van der Waals surface area contributed by atoms with Gasteiger partial charge >= 0.3 is 0 Å². The van der Waals surface area contributed by atoms with Crippen molar-refractivity contribution in [2.75, 3.05) is 0 Å².